The minimum absolute atomic E-state index is 0. The lowest BCUT2D eigenvalue weighted by molar-refractivity contribution is -0.914. The van der Waals surface area contributed by atoms with E-state index in [1.165, 1.54) is 0 Å². The topological polar surface area (TPSA) is 18.5 Å². The summed E-state index contributed by atoms with van der Waals surface area (Å²) in [5, 5.41) is 0. The lowest BCUT2D eigenvalue weighted by Crippen LogP contribution is -3.00. The number of halogens is 1. The average Bonchev–Trinajstić information content (AvgIpc) is 2.42. The molecule has 1 heterocycles. The van der Waals surface area contributed by atoms with Crippen LogP contribution in [-0.2, 0) is 4.74 Å². The highest BCUT2D eigenvalue weighted by molar-refractivity contribution is 5.21. The quantitative estimate of drug-likeness (QED) is 0.626. The first-order chi connectivity index (χ1) is 9.11. The van der Waals surface area contributed by atoms with E-state index >= 15 is 0 Å². The lowest BCUT2D eigenvalue weighted by atomic mass is 9.85. The van der Waals surface area contributed by atoms with Gasteiger partial charge in [-0.1, -0.05) is 18.2 Å². The van der Waals surface area contributed by atoms with Crippen molar-refractivity contribution in [2.45, 2.75) is 13.8 Å². The smallest absolute Gasteiger partial charge is 0.119 e. The molecule has 1 aromatic carbocycles. The van der Waals surface area contributed by atoms with Gasteiger partial charge in [0.1, 0.15) is 12.4 Å². The van der Waals surface area contributed by atoms with Gasteiger partial charge < -0.3 is 30.9 Å². The number of ether oxygens (including phenoxy) is 2. The van der Waals surface area contributed by atoms with Crippen LogP contribution in [-0.4, -0.2) is 51.0 Å². The molecule has 0 unspecified atom stereocenters. The molecule has 1 aromatic rings. The number of benzene rings is 1. The summed E-state index contributed by atoms with van der Waals surface area (Å²) in [6.45, 7) is 10.4. The van der Waals surface area contributed by atoms with E-state index in [0.717, 1.165) is 49.7 Å². The van der Waals surface area contributed by atoms with Crippen molar-refractivity contribution in [1.29, 1.82) is 0 Å². The Morgan fingerprint density at radius 1 is 1.15 bits per heavy atom. The van der Waals surface area contributed by atoms with Crippen molar-refractivity contribution in [1.82, 2.24) is 0 Å². The third kappa shape index (κ3) is 4.21. The molecule has 1 saturated heterocycles. The Bertz CT molecular complexity index is 389. The maximum absolute atomic E-state index is 5.96. The number of rotatable bonds is 7. The van der Waals surface area contributed by atoms with E-state index in [9.17, 15) is 0 Å². The third-order valence-corrected chi connectivity index (χ3v) is 4.35. The Hall–Kier alpha value is -0.580. The Labute approximate surface area is 133 Å². The maximum Gasteiger partial charge on any atom is 0.119 e. The number of hydrogen-bond donors (Lipinski definition) is 0. The number of para-hydroxylation sites is 1. The minimum Gasteiger partial charge on any atom is -1.00 e. The predicted molar refractivity (Wildman–Crippen MR) is 77.3 cm³/mol. The second-order valence-electron chi connectivity index (χ2n) is 6.00. The molecular formula is C16H26BrNO2. The summed E-state index contributed by atoms with van der Waals surface area (Å²) in [6, 6.07) is 10.1. The zero-order chi connectivity index (χ0) is 13.8. The van der Waals surface area contributed by atoms with Gasteiger partial charge in [-0.05, 0) is 26.0 Å². The molecule has 1 fully saturated rings. The Balaban J connectivity index is 0.00000200. The molecule has 0 aromatic heterocycles. The summed E-state index contributed by atoms with van der Waals surface area (Å²) in [7, 11) is 2.32. The van der Waals surface area contributed by atoms with Crippen LogP contribution >= 0.6 is 0 Å². The molecule has 2 rings (SSSR count). The van der Waals surface area contributed by atoms with Gasteiger partial charge >= 0.3 is 0 Å². The van der Waals surface area contributed by atoms with Crippen LogP contribution in [0.4, 0.5) is 0 Å². The van der Waals surface area contributed by atoms with Crippen molar-refractivity contribution in [3.05, 3.63) is 30.3 Å². The van der Waals surface area contributed by atoms with Crippen LogP contribution in [0.25, 0.3) is 0 Å². The molecule has 0 radical (unpaired) electrons. The van der Waals surface area contributed by atoms with Gasteiger partial charge in [-0.2, -0.15) is 0 Å². The predicted octanol–water partition coefficient (Wildman–Crippen LogP) is -0.428. The normalized spacial score (nSPS) is 16.9. The summed E-state index contributed by atoms with van der Waals surface area (Å²) in [4.78, 5) is 0. The fourth-order valence-electron chi connectivity index (χ4n) is 2.62. The molecule has 4 heteroatoms. The molecule has 0 saturated carbocycles. The fraction of sp³-hybridized carbons (Fsp3) is 0.625. The third-order valence-electron chi connectivity index (χ3n) is 4.35. The molecule has 0 aliphatic carbocycles. The van der Waals surface area contributed by atoms with E-state index in [0.29, 0.717) is 0 Å². The SMILES string of the molecule is CC[N+](C)(CC)CC1(COc2ccccc2)COC1.[Br-]. The van der Waals surface area contributed by atoms with Crippen LogP contribution in [0.1, 0.15) is 13.8 Å². The van der Waals surface area contributed by atoms with E-state index in [2.05, 4.69) is 20.9 Å². The monoisotopic (exact) mass is 343 g/mol. The molecular weight excluding hydrogens is 318 g/mol. The summed E-state index contributed by atoms with van der Waals surface area (Å²) in [5.74, 6) is 0.955. The van der Waals surface area contributed by atoms with Crippen molar-refractivity contribution >= 4 is 0 Å². The van der Waals surface area contributed by atoms with Crippen molar-refractivity contribution in [2.75, 3.05) is 46.5 Å². The lowest BCUT2D eigenvalue weighted by Gasteiger charge is -2.46. The number of nitrogens with zero attached hydrogens (tertiary/aromatic N) is 1. The van der Waals surface area contributed by atoms with Gasteiger partial charge in [0.2, 0.25) is 0 Å². The first-order valence-corrected chi connectivity index (χ1v) is 7.21. The summed E-state index contributed by atoms with van der Waals surface area (Å²) in [6.07, 6.45) is 0. The van der Waals surface area contributed by atoms with E-state index in [1.54, 1.807) is 0 Å². The second-order valence-corrected chi connectivity index (χ2v) is 6.00. The molecule has 1 aliphatic rings. The van der Waals surface area contributed by atoms with Crippen LogP contribution in [0.3, 0.4) is 0 Å². The first kappa shape index (κ1) is 17.5. The Morgan fingerprint density at radius 3 is 2.20 bits per heavy atom. The van der Waals surface area contributed by atoms with E-state index < -0.39 is 0 Å². The molecule has 0 N–H and O–H groups in total. The fourth-order valence-corrected chi connectivity index (χ4v) is 2.62. The van der Waals surface area contributed by atoms with Gasteiger partial charge in [0.15, 0.2) is 0 Å². The zero-order valence-electron chi connectivity index (χ0n) is 12.8. The molecule has 3 nitrogen and oxygen atoms in total. The van der Waals surface area contributed by atoms with E-state index in [-0.39, 0.29) is 22.4 Å². The van der Waals surface area contributed by atoms with Gasteiger partial charge in [-0.3, -0.25) is 0 Å². The van der Waals surface area contributed by atoms with Gasteiger partial charge in [-0.15, -0.1) is 0 Å². The molecule has 20 heavy (non-hydrogen) atoms. The van der Waals surface area contributed by atoms with Crippen LogP contribution in [0.2, 0.25) is 0 Å². The number of hydrogen-bond acceptors (Lipinski definition) is 2. The molecule has 0 amide bonds. The zero-order valence-corrected chi connectivity index (χ0v) is 14.4. The Morgan fingerprint density at radius 2 is 1.75 bits per heavy atom. The standard InChI is InChI=1S/C16H26NO2.BrH/c1-4-17(3,5-2)11-16(12-18-13-16)14-19-15-9-7-6-8-10-15;/h6-10H,4-5,11-14H2,1-3H3;1H/q+1;/p-1. The molecule has 1 aliphatic heterocycles. The van der Waals surface area contributed by atoms with Gasteiger partial charge in [0, 0.05) is 0 Å². The van der Waals surface area contributed by atoms with Gasteiger partial charge in [0.25, 0.3) is 0 Å². The van der Waals surface area contributed by atoms with Crippen molar-refractivity contribution < 1.29 is 30.9 Å². The van der Waals surface area contributed by atoms with Gasteiger partial charge in [-0.25, -0.2) is 0 Å². The largest absolute Gasteiger partial charge is 1.00 e. The molecule has 0 spiro atoms. The highest BCUT2D eigenvalue weighted by Gasteiger charge is 2.45. The highest BCUT2D eigenvalue weighted by Crippen LogP contribution is 2.31. The second kappa shape index (κ2) is 7.43. The van der Waals surface area contributed by atoms with Crippen molar-refractivity contribution in [2.24, 2.45) is 5.41 Å². The molecule has 0 bridgehead atoms. The minimum atomic E-state index is 0. The van der Waals surface area contributed by atoms with E-state index in [4.69, 9.17) is 9.47 Å². The molecule has 114 valence electrons. The highest BCUT2D eigenvalue weighted by atomic mass is 79.9. The summed E-state index contributed by atoms with van der Waals surface area (Å²) < 4.78 is 12.5. The van der Waals surface area contributed by atoms with Crippen molar-refractivity contribution in [3.63, 3.8) is 0 Å². The van der Waals surface area contributed by atoms with E-state index in [1.807, 2.05) is 30.3 Å². The van der Waals surface area contributed by atoms with Crippen LogP contribution in [0.5, 0.6) is 5.75 Å². The van der Waals surface area contributed by atoms with Crippen molar-refractivity contribution in [3.8, 4) is 5.75 Å². The van der Waals surface area contributed by atoms with Crippen LogP contribution in [0, 0.1) is 5.41 Å². The van der Waals surface area contributed by atoms with Gasteiger partial charge in [0.05, 0.1) is 45.3 Å². The molecule has 0 atom stereocenters. The maximum atomic E-state index is 5.96. The van der Waals surface area contributed by atoms with Crippen LogP contribution < -0.4 is 21.7 Å². The van der Waals surface area contributed by atoms with Crippen LogP contribution in [0.15, 0.2) is 30.3 Å². The first-order valence-electron chi connectivity index (χ1n) is 7.21. The Kier molecular flexibility index (Phi) is 6.49. The average molecular weight is 344 g/mol. The summed E-state index contributed by atoms with van der Waals surface area (Å²) in [5.41, 5.74) is 0.191. The summed E-state index contributed by atoms with van der Waals surface area (Å²) >= 11 is 0. The number of quaternary nitrogens is 1.